The zero-order chi connectivity index (χ0) is 26.4. The molecular formula is C28H22ClN5O4. The van der Waals surface area contributed by atoms with Gasteiger partial charge in [0.2, 0.25) is 11.8 Å². The molecule has 0 saturated carbocycles. The molecular weight excluding hydrogens is 506 g/mol. The van der Waals surface area contributed by atoms with Gasteiger partial charge in [0.05, 0.1) is 40.1 Å². The number of aliphatic hydroxyl groups excluding tert-OH is 1. The number of aliphatic hydroxyl groups is 1. The summed E-state index contributed by atoms with van der Waals surface area (Å²) in [6.45, 7) is 2.11. The lowest BCUT2D eigenvalue weighted by molar-refractivity contribution is -0.106. The van der Waals surface area contributed by atoms with Crippen LogP contribution in [0.2, 0.25) is 5.02 Å². The SMILES string of the molecule is C[C@]12O[C@](CCn3nnc4ccc(Cl)cc43)(C[C@@H]1O)c1c2c(O)n(-c2ccc(C#N)c3ccccc23)c1O. The van der Waals surface area contributed by atoms with Crippen LogP contribution in [-0.2, 0) is 22.5 Å². The minimum absolute atomic E-state index is 0.158. The summed E-state index contributed by atoms with van der Waals surface area (Å²) in [5, 5.41) is 54.3. The van der Waals surface area contributed by atoms with Gasteiger partial charge in [0.15, 0.2) is 0 Å². The van der Waals surface area contributed by atoms with Gasteiger partial charge in [-0.05, 0) is 37.3 Å². The minimum Gasteiger partial charge on any atom is -0.494 e. The fourth-order valence-corrected chi connectivity index (χ4v) is 6.48. The topological polar surface area (TPSA) is 129 Å². The molecule has 0 amide bonds. The second-order valence-corrected chi connectivity index (χ2v) is 10.6. The van der Waals surface area contributed by atoms with Gasteiger partial charge in [0, 0.05) is 35.2 Å². The molecule has 2 bridgehead atoms. The molecule has 3 atom stereocenters. The van der Waals surface area contributed by atoms with Crippen molar-refractivity contribution in [3.63, 3.8) is 0 Å². The Balaban J connectivity index is 1.38. The Morgan fingerprint density at radius 2 is 1.87 bits per heavy atom. The Hall–Kier alpha value is -4.10. The van der Waals surface area contributed by atoms with Gasteiger partial charge in [0.1, 0.15) is 16.7 Å². The van der Waals surface area contributed by atoms with Gasteiger partial charge in [-0.25, -0.2) is 4.68 Å². The number of aryl methyl sites for hydroxylation is 1. The number of nitrogens with zero attached hydrogens (tertiary/aromatic N) is 5. The number of nitriles is 1. The number of hydrogen-bond donors (Lipinski definition) is 3. The van der Waals surface area contributed by atoms with Gasteiger partial charge in [-0.15, -0.1) is 5.10 Å². The molecule has 2 aliphatic heterocycles. The number of fused-ring (bicyclic) bond motifs is 7. The average Bonchev–Trinajstić information content (AvgIpc) is 3.59. The van der Waals surface area contributed by atoms with Crippen molar-refractivity contribution in [3.8, 4) is 23.5 Å². The van der Waals surface area contributed by atoms with Crippen molar-refractivity contribution in [1.29, 1.82) is 5.26 Å². The van der Waals surface area contributed by atoms with Gasteiger partial charge >= 0.3 is 0 Å². The van der Waals surface area contributed by atoms with E-state index in [2.05, 4.69) is 16.4 Å². The summed E-state index contributed by atoms with van der Waals surface area (Å²) in [5.74, 6) is -0.358. The van der Waals surface area contributed by atoms with Crippen LogP contribution in [-0.4, -0.2) is 41.0 Å². The minimum atomic E-state index is -1.21. The molecule has 2 aliphatic rings. The second kappa shape index (κ2) is 7.71. The largest absolute Gasteiger partial charge is 0.494 e. The van der Waals surface area contributed by atoms with E-state index in [0.717, 1.165) is 5.52 Å². The van der Waals surface area contributed by atoms with Crippen LogP contribution in [0.15, 0.2) is 54.6 Å². The molecule has 0 radical (unpaired) electrons. The maximum atomic E-state index is 11.6. The average molecular weight is 528 g/mol. The second-order valence-electron chi connectivity index (χ2n) is 10.1. The highest BCUT2D eigenvalue weighted by Crippen LogP contribution is 2.65. The smallest absolute Gasteiger partial charge is 0.205 e. The zero-order valence-electron chi connectivity index (χ0n) is 20.3. The lowest BCUT2D eigenvalue weighted by Crippen LogP contribution is -2.33. The summed E-state index contributed by atoms with van der Waals surface area (Å²) in [5.41, 5.74) is 1.04. The summed E-state index contributed by atoms with van der Waals surface area (Å²) in [4.78, 5) is 0. The summed E-state index contributed by atoms with van der Waals surface area (Å²) in [6, 6.07) is 18.3. The zero-order valence-corrected chi connectivity index (χ0v) is 21.0. The lowest BCUT2D eigenvalue weighted by atomic mass is 9.76. The molecule has 38 heavy (non-hydrogen) atoms. The van der Waals surface area contributed by atoms with Crippen molar-refractivity contribution in [3.05, 3.63) is 76.3 Å². The van der Waals surface area contributed by atoms with Crippen LogP contribution in [0, 0.1) is 11.3 Å². The van der Waals surface area contributed by atoms with E-state index in [0.29, 0.717) is 56.7 Å². The van der Waals surface area contributed by atoms with E-state index < -0.39 is 17.3 Å². The number of hydrogen-bond acceptors (Lipinski definition) is 7. The van der Waals surface area contributed by atoms with Crippen LogP contribution in [0.3, 0.4) is 0 Å². The maximum absolute atomic E-state index is 11.6. The molecule has 10 heteroatoms. The lowest BCUT2D eigenvalue weighted by Gasteiger charge is -2.26. The fraction of sp³-hybridized carbons (Fsp3) is 0.250. The van der Waals surface area contributed by atoms with Crippen molar-refractivity contribution in [1.82, 2.24) is 19.6 Å². The van der Waals surface area contributed by atoms with Crippen LogP contribution >= 0.6 is 11.6 Å². The van der Waals surface area contributed by atoms with Crippen molar-refractivity contribution in [2.75, 3.05) is 0 Å². The highest BCUT2D eigenvalue weighted by molar-refractivity contribution is 6.31. The van der Waals surface area contributed by atoms with Crippen LogP contribution in [0.25, 0.3) is 27.5 Å². The molecule has 1 saturated heterocycles. The van der Waals surface area contributed by atoms with Gasteiger partial charge in [0.25, 0.3) is 0 Å². The number of halogens is 1. The number of rotatable bonds is 4. The van der Waals surface area contributed by atoms with E-state index in [1.807, 2.05) is 24.3 Å². The van der Waals surface area contributed by atoms with Crippen molar-refractivity contribution < 1.29 is 20.1 Å². The molecule has 7 rings (SSSR count). The molecule has 0 spiro atoms. The number of ether oxygens (including phenoxy) is 1. The molecule has 190 valence electrons. The predicted molar refractivity (Wildman–Crippen MR) is 139 cm³/mol. The highest BCUT2D eigenvalue weighted by atomic mass is 35.5. The fourth-order valence-electron chi connectivity index (χ4n) is 6.31. The van der Waals surface area contributed by atoms with Crippen LogP contribution in [0.5, 0.6) is 11.8 Å². The first-order valence-corrected chi connectivity index (χ1v) is 12.6. The first-order chi connectivity index (χ1) is 18.3. The Morgan fingerprint density at radius 1 is 1.11 bits per heavy atom. The van der Waals surface area contributed by atoms with E-state index in [-0.39, 0.29) is 18.2 Å². The predicted octanol–water partition coefficient (Wildman–Crippen LogP) is 4.61. The Kier molecular flexibility index (Phi) is 4.68. The van der Waals surface area contributed by atoms with E-state index in [9.17, 15) is 20.6 Å². The molecule has 3 aromatic carbocycles. The van der Waals surface area contributed by atoms with Crippen LogP contribution in [0.4, 0.5) is 0 Å². The normalized spacial score (nSPS) is 23.8. The van der Waals surface area contributed by atoms with Gasteiger partial charge in [-0.2, -0.15) is 5.26 Å². The maximum Gasteiger partial charge on any atom is 0.205 e. The first-order valence-electron chi connectivity index (χ1n) is 12.2. The molecule has 0 unspecified atom stereocenters. The quantitative estimate of drug-likeness (QED) is 0.311. The monoisotopic (exact) mass is 527 g/mol. The molecule has 1 fully saturated rings. The Labute approximate surface area is 221 Å². The molecule has 9 nitrogen and oxygen atoms in total. The van der Waals surface area contributed by atoms with Crippen molar-refractivity contribution in [2.24, 2.45) is 0 Å². The molecule has 5 aromatic rings. The van der Waals surface area contributed by atoms with E-state index in [4.69, 9.17) is 16.3 Å². The Bertz CT molecular complexity index is 1840. The Morgan fingerprint density at radius 3 is 2.66 bits per heavy atom. The summed E-state index contributed by atoms with van der Waals surface area (Å²) >= 11 is 6.19. The number of benzene rings is 3. The highest BCUT2D eigenvalue weighted by Gasteiger charge is 2.66. The summed E-state index contributed by atoms with van der Waals surface area (Å²) < 4.78 is 9.57. The van der Waals surface area contributed by atoms with E-state index >= 15 is 0 Å². The van der Waals surface area contributed by atoms with E-state index in [1.165, 1.54) is 4.57 Å². The van der Waals surface area contributed by atoms with Crippen LogP contribution < -0.4 is 0 Å². The third kappa shape index (κ3) is 2.88. The third-order valence-electron chi connectivity index (χ3n) is 8.10. The molecule has 2 aromatic heterocycles. The summed E-state index contributed by atoms with van der Waals surface area (Å²) in [6.07, 6.45) is -0.284. The van der Waals surface area contributed by atoms with Crippen molar-refractivity contribution in [2.45, 2.75) is 43.6 Å². The first kappa shape index (κ1) is 23.0. The van der Waals surface area contributed by atoms with Gasteiger partial charge < -0.3 is 20.1 Å². The van der Waals surface area contributed by atoms with Gasteiger partial charge in [-0.1, -0.05) is 41.1 Å². The standard InChI is InChI=1S/C28H22ClN5O4/c1-27-22(35)13-28(38-27,10-11-33-21-12-16(29)7-8-19(21)31-32-33)24-23(27)25(36)34(26(24)37)20-9-6-15(14-30)17-4-2-3-5-18(17)20/h2-9,12,22,35-37H,10-11,13H2,1H3/t22-,27-,28+/m0/s1. The number of aromatic nitrogens is 4. The van der Waals surface area contributed by atoms with E-state index in [1.54, 1.807) is 41.9 Å². The van der Waals surface area contributed by atoms with Gasteiger partial charge in [-0.3, -0.25) is 4.57 Å². The van der Waals surface area contributed by atoms with Crippen molar-refractivity contribution >= 4 is 33.4 Å². The molecule has 3 N–H and O–H groups in total. The summed E-state index contributed by atoms with van der Waals surface area (Å²) in [7, 11) is 0. The van der Waals surface area contributed by atoms with Crippen LogP contribution in [0.1, 0.15) is 36.5 Å². The third-order valence-corrected chi connectivity index (χ3v) is 8.34. The molecule has 0 aliphatic carbocycles. The number of aromatic hydroxyl groups is 2. The molecule has 4 heterocycles.